The highest BCUT2D eigenvalue weighted by Crippen LogP contribution is 2.34. The van der Waals surface area contributed by atoms with E-state index >= 15 is 0 Å². The average molecular weight is 361 g/mol. The lowest BCUT2D eigenvalue weighted by Crippen LogP contribution is -2.39. The highest BCUT2D eigenvalue weighted by Gasteiger charge is 2.38. The fraction of sp³-hybridized carbons (Fsp3) is 0.588. The molecule has 7 nitrogen and oxygen atoms in total. The van der Waals surface area contributed by atoms with Crippen LogP contribution in [0.5, 0.6) is 0 Å². The van der Waals surface area contributed by atoms with Crippen LogP contribution in [-0.4, -0.2) is 60.8 Å². The molecule has 1 N–H and O–H groups in total. The number of hydrogen-bond acceptors (Lipinski definition) is 6. The number of carbonyl (C=O) groups is 1. The van der Waals surface area contributed by atoms with Crippen molar-refractivity contribution < 1.29 is 9.90 Å². The van der Waals surface area contributed by atoms with Gasteiger partial charge in [0, 0.05) is 25.7 Å². The summed E-state index contributed by atoms with van der Waals surface area (Å²) in [5.41, 5.74) is 0. The fourth-order valence-corrected chi connectivity index (χ4v) is 4.51. The van der Waals surface area contributed by atoms with E-state index in [0.717, 1.165) is 16.5 Å². The summed E-state index contributed by atoms with van der Waals surface area (Å²) in [6.07, 6.45) is 0.370. The number of aromatic nitrogens is 3. The first-order valence-corrected chi connectivity index (χ1v) is 9.61. The molecule has 4 rings (SSSR count). The quantitative estimate of drug-likeness (QED) is 0.897. The Balaban J connectivity index is 1.55. The second-order valence-corrected chi connectivity index (χ2v) is 7.97. The van der Waals surface area contributed by atoms with Crippen LogP contribution < -0.4 is 0 Å². The highest BCUT2D eigenvalue weighted by atomic mass is 32.1. The van der Waals surface area contributed by atoms with Crippen molar-refractivity contribution in [2.75, 3.05) is 13.1 Å². The maximum Gasteiger partial charge on any atom is 0.264 e. The summed E-state index contributed by atoms with van der Waals surface area (Å²) >= 11 is 1.47. The topological polar surface area (TPSA) is 74.5 Å². The van der Waals surface area contributed by atoms with Crippen molar-refractivity contribution in [2.45, 2.75) is 51.5 Å². The predicted octanol–water partition coefficient (Wildman–Crippen LogP) is 1.51. The summed E-state index contributed by atoms with van der Waals surface area (Å²) < 4.78 is 2.14. The predicted molar refractivity (Wildman–Crippen MR) is 94.3 cm³/mol. The number of thiophene rings is 1. The first-order chi connectivity index (χ1) is 12.0. The van der Waals surface area contributed by atoms with Crippen LogP contribution in [0.15, 0.2) is 17.5 Å². The molecule has 2 aliphatic rings. The van der Waals surface area contributed by atoms with Crippen LogP contribution in [0.2, 0.25) is 0 Å². The molecule has 0 radical (unpaired) electrons. The minimum absolute atomic E-state index is 0.0610. The molecule has 2 atom stereocenters. The number of carbonyl (C=O) groups excluding carboxylic acids is 1. The van der Waals surface area contributed by atoms with Crippen LogP contribution in [0, 0.1) is 0 Å². The van der Waals surface area contributed by atoms with Crippen LogP contribution in [0.1, 0.15) is 47.6 Å². The Kier molecular flexibility index (Phi) is 4.35. The van der Waals surface area contributed by atoms with Gasteiger partial charge in [0.15, 0.2) is 11.6 Å². The zero-order chi connectivity index (χ0) is 17.6. The summed E-state index contributed by atoms with van der Waals surface area (Å²) in [5, 5.41) is 20.8. The van der Waals surface area contributed by atoms with E-state index in [1.54, 1.807) is 0 Å². The van der Waals surface area contributed by atoms with Gasteiger partial charge in [-0.1, -0.05) is 6.07 Å². The van der Waals surface area contributed by atoms with Gasteiger partial charge in [-0.3, -0.25) is 9.69 Å². The smallest absolute Gasteiger partial charge is 0.264 e. The van der Waals surface area contributed by atoms with Gasteiger partial charge in [0.2, 0.25) is 0 Å². The fourth-order valence-electron chi connectivity index (χ4n) is 3.82. The van der Waals surface area contributed by atoms with Gasteiger partial charge < -0.3 is 14.6 Å². The van der Waals surface area contributed by atoms with Crippen molar-refractivity contribution in [1.82, 2.24) is 24.6 Å². The molecule has 134 valence electrons. The van der Waals surface area contributed by atoms with Crippen LogP contribution in [-0.2, 0) is 13.1 Å². The molecule has 0 unspecified atom stereocenters. The molecule has 1 amide bonds. The van der Waals surface area contributed by atoms with E-state index in [-0.39, 0.29) is 18.1 Å². The number of aliphatic hydroxyl groups excluding tert-OH is 1. The molecular formula is C17H23N5O2S. The molecular weight excluding hydrogens is 338 g/mol. The highest BCUT2D eigenvalue weighted by molar-refractivity contribution is 7.12. The molecule has 0 aromatic carbocycles. The van der Waals surface area contributed by atoms with Gasteiger partial charge in [-0.15, -0.1) is 21.5 Å². The Hall–Kier alpha value is -1.77. The number of rotatable bonds is 3. The Morgan fingerprint density at radius 3 is 2.92 bits per heavy atom. The van der Waals surface area contributed by atoms with E-state index in [9.17, 15) is 9.90 Å². The average Bonchev–Trinajstić information content (AvgIpc) is 3.32. The van der Waals surface area contributed by atoms with Gasteiger partial charge in [-0.05, 0) is 31.7 Å². The zero-order valence-electron chi connectivity index (χ0n) is 14.5. The Morgan fingerprint density at radius 1 is 1.36 bits per heavy atom. The third-order valence-electron chi connectivity index (χ3n) is 5.08. The maximum atomic E-state index is 12.6. The Morgan fingerprint density at radius 2 is 2.20 bits per heavy atom. The van der Waals surface area contributed by atoms with E-state index in [4.69, 9.17) is 0 Å². The summed E-state index contributed by atoms with van der Waals surface area (Å²) in [5.74, 6) is 1.81. The number of hydrogen-bond donors (Lipinski definition) is 1. The van der Waals surface area contributed by atoms with Gasteiger partial charge in [0.25, 0.3) is 5.91 Å². The molecule has 0 saturated carbocycles. The molecule has 1 saturated heterocycles. The molecule has 2 aromatic heterocycles. The van der Waals surface area contributed by atoms with E-state index in [0.29, 0.717) is 38.6 Å². The number of fused-ring (bicyclic) bond motifs is 1. The van der Waals surface area contributed by atoms with Crippen molar-refractivity contribution in [3.8, 4) is 0 Å². The standard InChI is InChI=1S/C17H23N5O2S/c1-11(2)22-9-12(23)8-13(22)16-19-18-15-10-20(5-6-21(15)16)17(24)14-4-3-7-25-14/h3-4,7,11-13,23H,5-6,8-10H2,1-2H3/t12-,13-/m0/s1. The van der Waals surface area contributed by atoms with Crippen LogP contribution in [0.25, 0.3) is 0 Å². The molecule has 1 fully saturated rings. The minimum Gasteiger partial charge on any atom is -0.392 e. The van der Waals surface area contributed by atoms with Crippen molar-refractivity contribution in [3.05, 3.63) is 34.0 Å². The van der Waals surface area contributed by atoms with Crippen LogP contribution >= 0.6 is 11.3 Å². The second-order valence-electron chi connectivity index (χ2n) is 7.03. The Labute approximate surface area is 150 Å². The Bertz CT molecular complexity index is 757. The monoisotopic (exact) mass is 361 g/mol. The summed E-state index contributed by atoms with van der Waals surface area (Å²) in [7, 11) is 0. The normalized spacial score (nSPS) is 24.1. The van der Waals surface area contributed by atoms with Crippen LogP contribution in [0.4, 0.5) is 0 Å². The van der Waals surface area contributed by atoms with Crippen molar-refractivity contribution in [2.24, 2.45) is 0 Å². The van der Waals surface area contributed by atoms with Gasteiger partial charge in [0.05, 0.1) is 23.6 Å². The van der Waals surface area contributed by atoms with Crippen molar-refractivity contribution >= 4 is 17.2 Å². The SMILES string of the molecule is CC(C)N1C[C@@H](O)C[C@H]1c1nnc2n1CCN(C(=O)c1cccs1)C2. The molecule has 8 heteroatoms. The van der Waals surface area contributed by atoms with Crippen molar-refractivity contribution in [1.29, 1.82) is 0 Å². The molecule has 0 aliphatic carbocycles. The lowest BCUT2D eigenvalue weighted by molar-refractivity contribution is 0.0709. The summed E-state index contributed by atoms with van der Waals surface area (Å²) in [6.45, 7) is 6.80. The summed E-state index contributed by atoms with van der Waals surface area (Å²) in [4.78, 5) is 17.4. The number of amides is 1. The number of β-amino-alcohol motifs (C(OH)–C–C–N with tert-alkyl or cyclic N) is 1. The number of nitrogens with zero attached hydrogens (tertiary/aromatic N) is 5. The molecule has 0 spiro atoms. The van der Waals surface area contributed by atoms with E-state index in [1.807, 2.05) is 22.4 Å². The van der Waals surface area contributed by atoms with Gasteiger partial charge in [-0.25, -0.2) is 0 Å². The lowest BCUT2D eigenvalue weighted by Gasteiger charge is -2.31. The third kappa shape index (κ3) is 2.98. The van der Waals surface area contributed by atoms with Crippen molar-refractivity contribution in [3.63, 3.8) is 0 Å². The minimum atomic E-state index is -0.319. The molecule has 25 heavy (non-hydrogen) atoms. The zero-order valence-corrected chi connectivity index (χ0v) is 15.3. The first kappa shape index (κ1) is 16.7. The van der Waals surface area contributed by atoms with Gasteiger partial charge in [0.1, 0.15) is 0 Å². The number of likely N-dealkylation sites (tertiary alicyclic amines) is 1. The third-order valence-corrected chi connectivity index (χ3v) is 5.94. The number of aliphatic hydroxyl groups is 1. The van der Waals surface area contributed by atoms with E-state index in [1.165, 1.54) is 11.3 Å². The van der Waals surface area contributed by atoms with E-state index in [2.05, 4.69) is 33.5 Å². The lowest BCUT2D eigenvalue weighted by atomic mass is 10.1. The molecule has 4 heterocycles. The first-order valence-electron chi connectivity index (χ1n) is 8.73. The van der Waals surface area contributed by atoms with E-state index < -0.39 is 0 Å². The largest absolute Gasteiger partial charge is 0.392 e. The maximum absolute atomic E-state index is 12.6. The second kappa shape index (κ2) is 6.51. The van der Waals surface area contributed by atoms with Crippen LogP contribution in [0.3, 0.4) is 0 Å². The summed E-state index contributed by atoms with van der Waals surface area (Å²) in [6, 6.07) is 4.19. The molecule has 2 aromatic rings. The van der Waals surface area contributed by atoms with Gasteiger partial charge >= 0.3 is 0 Å². The molecule has 0 bridgehead atoms. The van der Waals surface area contributed by atoms with Gasteiger partial charge in [-0.2, -0.15) is 0 Å². The molecule has 2 aliphatic heterocycles.